The number of amides is 2. The van der Waals surface area contributed by atoms with Crippen LogP contribution in [0.15, 0.2) is 29.1 Å². The summed E-state index contributed by atoms with van der Waals surface area (Å²) in [5, 5.41) is 5.48. The van der Waals surface area contributed by atoms with Crippen molar-refractivity contribution in [1.29, 1.82) is 0 Å². The van der Waals surface area contributed by atoms with Crippen molar-refractivity contribution in [2.24, 2.45) is 0 Å². The van der Waals surface area contributed by atoms with Crippen LogP contribution in [0.1, 0.15) is 51.0 Å². The molecule has 9 nitrogen and oxygen atoms in total. The fourth-order valence-corrected chi connectivity index (χ4v) is 4.20. The summed E-state index contributed by atoms with van der Waals surface area (Å²) in [5.74, 6) is -0.621. The average molecular weight is 425 g/mol. The number of fused-ring (bicyclic) bond motifs is 1. The zero-order chi connectivity index (χ0) is 22.0. The molecule has 2 aliphatic rings. The Balaban J connectivity index is 1.65. The van der Waals surface area contributed by atoms with E-state index < -0.39 is 17.4 Å². The topological polar surface area (TPSA) is 116 Å². The molecule has 0 spiro atoms. The highest BCUT2D eigenvalue weighted by atomic mass is 16.5. The van der Waals surface area contributed by atoms with E-state index >= 15 is 0 Å². The van der Waals surface area contributed by atoms with Crippen LogP contribution < -0.4 is 25.8 Å². The highest BCUT2D eigenvalue weighted by molar-refractivity contribution is 6.05. The van der Waals surface area contributed by atoms with Gasteiger partial charge in [0.15, 0.2) is 0 Å². The zero-order valence-electron chi connectivity index (χ0n) is 17.7. The van der Waals surface area contributed by atoms with Crippen LogP contribution in [-0.2, 0) is 9.59 Å². The maximum atomic E-state index is 13.1. The molecule has 4 rings (SSSR count). The van der Waals surface area contributed by atoms with Gasteiger partial charge in [-0.1, -0.05) is 12.1 Å². The summed E-state index contributed by atoms with van der Waals surface area (Å²) < 4.78 is 5.55. The third-order valence-electron chi connectivity index (χ3n) is 5.77. The third-order valence-corrected chi connectivity index (χ3v) is 5.77. The Bertz CT molecular complexity index is 1050. The first-order chi connectivity index (χ1) is 15.0. The number of carbonyl (C=O) groups excluding carboxylic acids is 2. The number of hydrogen-bond donors (Lipinski definition) is 3. The summed E-state index contributed by atoms with van der Waals surface area (Å²) >= 11 is 0. The van der Waals surface area contributed by atoms with Gasteiger partial charge in [-0.3, -0.25) is 19.4 Å². The van der Waals surface area contributed by atoms with Gasteiger partial charge in [-0.05, 0) is 45.2 Å². The van der Waals surface area contributed by atoms with Crippen LogP contribution in [0, 0.1) is 0 Å². The van der Waals surface area contributed by atoms with E-state index in [0.717, 1.165) is 25.8 Å². The Kier molecular flexibility index (Phi) is 5.92. The first kappa shape index (κ1) is 20.9. The van der Waals surface area contributed by atoms with E-state index in [9.17, 15) is 14.4 Å². The number of ether oxygens (including phenoxy) is 1. The van der Waals surface area contributed by atoms with Crippen molar-refractivity contribution in [3.63, 3.8) is 0 Å². The summed E-state index contributed by atoms with van der Waals surface area (Å²) in [6.45, 7) is 5.17. The van der Waals surface area contributed by atoms with Crippen molar-refractivity contribution in [3.05, 3.63) is 40.2 Å². The van der Waals surface area contributed by atoms with Gasteiger partial charge >= 0.3 is 0 Å². The largest absolute Gasteiger partial charge is 0.492 e. The van der Waals surface area contributed by atoms with E-state index in [2.05, 4.69) is 27.5 Å². The molecule has 1 aromatic heterocycles. The Morgan fingerprint density at radius 2 is 2.10 bits per heavy atom. The van der Waals surface area contributed by atoms with Crippen molar-refractivity contribution < 1.29 is 14.3 Å². The van der Waals surface area contributed by atoms with Crippen LogP contribution in [-0.4, -0.2) is 41.0 Å². The fourth-order valence-electron chi connectivity index (χ4n) is 4.20. The predicted molar refractivity (Wildman–Crippen MR) is 118 cm³/mol. The van der Waals surface area contributed by atoms with Gasteiger partial charge in [0.1, 0.15) is 11.6 Å². The van der Waals surface area contributed by atoms with E-state index in [1.165, 1.54) is 0 Å². The van der Waals surface area contributed by atoms with Crippen LogP contribution in [0.3, 0.4) is 0 Å². The minimum Gasteiger partial charge on any atom is -0.492 e. The molecule has 1 fully saturated rings. The smallest absolute Gasteiger partial charge is 0.258 e. The Hall–Kier alpha value is -3.36. The Morgan fingerprint density at radius 1 is 1.29 bits per heavy atom. The maximum Gasteiger partial charge on any atom is 0.258 e. The number of aromatic amines is 1. The number of nitrogens with one attached hydrogen (secondary N) is 3. The van der Waals surface area contributed by atoms with Gasteiger partial charge in [0, 0.05) is 19.0 Å². The van der Waals surface area contributed by atoms with E-state index in [0.29, 0.717) is 24.0 Å². The molecule has 2 aliphatic heterocycles. The number of aromatic nitrogens is 2. The summed E-state index contributed by atoms with van der Waals surface area (Å²) in [5.41, 5.74) is 0.264. The predicted octanol–water partition coefficient (Wildman–Crippen LogP) is 2.61. The van der Waals surface area contributed by atoms with Crippen molar-refractivity contribution in [2.75, 3.05) is 28.7 Å². The Morgan fingerprint density at radius 3 is 2.87 bits per heavy atom. The molecule has 3 N–H and O–H groups in total. The van der Waals surface area contributed by atoms with Crippen LogP contribution in [0.4, 0.5) is 17.5 Å². The van der Waals surface area contributed by atoms with E-state index in [4.69, 9.17) is 4.74 Å². The normalized spacial score (nSPS) is 20.6. The van der Waals surface area contributed by atoms with Crippen molar-refractivity contribution in [2.45, 2.75) is 51.5 Å². The second-order valence-corrected chi connectivity index (χ2v) is 7.91. The fraction of sp³-hybridized carbons (Fsp3) is 0.455. The summed E-state index contributed by atoms with van der Waals surface area (Å²) in [4.78, 5) is 47.8. The van der Waals surface area contributed by atoms with Gasteiger partial charge in [0.05, 0.1) is 23.8 Å². The molecule has 0 aliphatic carbocycles. The van der Waals surface area contributed by atoms with Crippen molar-refractivity contribution >= 4 is 29.3 Å². The summed E-state index contributed by atoms with van der Waals surface area (Å²) in [6, 6.07) is 7.29. The molecule has 1 aromatic carbocycles. The van der Waals surface area contributed by atoms with Gasteiger partial charge in [0.25, 0.3) is 5.56 Å². The zero-order valence-corrected chi connectivity index (χ0v) is 17.7. The molecule has 2 atom stereocenters. The monoisotopic (exact) mass is 425 g/mol. The molecule has 1 saturated heterocycles. The number of anilines is 3. The minimum atomic E-state index is -0.942. The molecule has 2 amide bonds. The maximum absolute atomic E-state index is 13.1. The minimum absolute atomic E-state index is 0.125. The third kappa shape index (κ3) is 4.26. The average Bonchev–Trinajstić information content (AvgIpc) is 2.74. The number of nitrogens with zero attached hydrogens (tertiary/aromatic N) is 2. The van der Waals surface area contributed by atoms with Gasteiger partial charge in [-0.15, -0.1) is 0 Å². The first-order valence-electron chi connectivity index (χ1n) is 10.7. The number of carbonyl (C=O) groups is 2. The number of para-hydroxylation sites is 2. The molecule has 0 bridgehead atoms. The van der Waals surface area contributed by atoms with Crippen LogP contribution in [0.25, 0.3) is 0 Å². The molecule has 31 heavy (non-hydrogen) atoms. The SMILES string of the molecule is CCOc1ccccc1NC(=O)[C@@H]1CC(=O)Nc2nc(N3CCCC[C@H]3C)[nH]c(=O)c21. The van der Waals surface area contributed by atoms with Crippen molar-refractivity contribution in [1.82, 2.24) is 9.97 Å². The molecule has 0 radical (unpaired) electrons. The number of benzene rings is 1. The first-order valence-corrected chi connectivity index (χ1v) is 10.7. The molecule has 164 valence electrons. The molecule has 3 heterocycles. The number of hydrogen-bond acceptors (Lipinski definition) is 6. The lowest BCUT2D eigenvalue weighted by Crippen LogP contribution is -2.42. The summed E-state index contributed by atoms with van der Waals surface area (Å²) in [7, 11) is 0. The van der Waals surface area contributed by atoms with E-state index in [1.54, 1.807) is 18.2 Å². The molecule has 9 heteroatoms. The highest BCUT2D eigenvalue weighted by Crippen LogP contribution is 2.32. The second-order valence-electron chi connectivity index (χ2n) is 7.91. The summed E-state index contributed by atoms with van der Waals surface area (Å²) in [6.07, 6.45) is 3.04. The van der Waals surface area contributed by atoms with Gasteiger partial charge in [-0.25, -0.2) is 0 Å². The number of H-pyrrole nitrogens is 1. The number of rotatable bonds is 5. The molecule has 2 aromatic rings. The van der Waals surface area contributed by atoms with E-state index in [1.807, 2.05) is 17.9 Å². The number of piperidine rings is 1. The van der Waals surface area contributed by atoms with Crippen molar-refractivity contribution in [3.8, 4) is 5.75 Å². The lowest BCUT2D eigenvalue weighted by Gasteiger charge is -2.34. The molecule has 0 unspecified atom stereocenters. The lowest BCUT2D eigenvalue weighted by molar-refractivity contribution is -0.123. The van der Waals surface area contributed by atoms with Gasteiger partial charge in [0.2, 0.25) is 17.8 Å². The van der Waals surface area contributed by atoms with E-state index in [-0.39, 0.29) is 29.8 Å². The Labute approximate surface area is 180 Å². The van der Waals surface area contributed by atoms with Crippen LogP contribution in [0.2, 0.25) is 0 Å². The molecule has 0 saturated carbocycles. The standard InChI is InChI=1S/C22H27N5O4/c1-3-31-16-10-5-4-9-15(16)23-20(29)14-12-17(28)24-19-18(14)21(30)26-22(25-19)27-11-7-6-8-13(27)2/h4-5,9-10,13-14H,3,6-8,11-12H2,1-2H3,(H,23,29)(H2,24,25,26,28,30)/t13-,14-/m1/s1. The lowest BCUT2D eigenvalue weighted by atomic mass is 9.92. The van der Waals surface area contributed by atoms with Crippen LogP contribution >= 0.6 is 0 Å². The van der Waals surface area contributed by atoms with Crippen LogP contribution in [0.5, 0.6) is 5.75 Å². The quantitative estimate of drug-likeness (QED) is 0.678. The second kappa shape index (κ2) is 8.79. The van der Waals surface area contributed by atoms with Gasteiger partial charge < -0.3 is 20.3 Å². The highest BCUT2D eigenvalue weighted by Gasteiger charge is 2.36. The molecular formula is C22H27N5O4. The van der Waals surface area contributed by atoms with Gasteiger partial charge in [-0.2, -0.15) is 4.98 Å². The molecular weight excluding hydrogens is 398 g/mol.